The van der Waals surface area contributed by atoms with Gasteiger partial charge in [-0.15, -0.1) is 5.10 Å². The molecule has 0 bridgehead atoms. The molecule has 23 heavy (non-hydrogen) atoms. The Balaban J connectivity index is 1.57. The third-order valence-corrected chi connectivity index (χ3v) is 4.46. The Hall–Kier alpha value is -2.61. The van der Waals surface area contributed by atoms with Crippen LogP contribution in [0.4, 0.5) is 5.69 Å². The predicted octanol–water partition coefficient (Wildman–Crippen LogP) is 1.80. The molecule has 0 unspecified atom stereocenters. The highest BCUT2D eigenvalue weighted by Crippen LogP contribution is 2.33. The van der Waals surface area contributed by atoms with E-state index in [0.717, 1.165) is 24.4 Å². The monoisotopic (exact) mass is 328 g/mol. The average Bonchev–Trinajstić information content (AvgIpc) is 3.13. The minimum Gasteiger partial charge on any atom is -0.321 e. The summed E-state index contributed by atoms with van der Waals surface area (Å²) in [6, 6.07) is 4.74. The lowest BCUT2D eigenvalue weighted by molar-refractivity contribution is 0.0646. The Morgan fingerprint density at radius 2 is 2.04 bits per heavy atom. The van der Waals surface area contributed by atoms with Gasteiger partial charge in [0.1, 0.15) is 0 Å². The van der Waals surface area contributed by atoms with Crippen LogP contribution >= 0.6 is 11.5 Å². The van der Waals surface area contributed by atoms with Crippen molar-refractivity contribution in [2.45, 2.75) is 12.8 Å². The molecule has 8 heteroatoms. The van der Waals surface area contributed by atoms with Gasteiger partial charge in [-0.2, -0.15) is 0 Å². The standard InChI is InChI=1S/C15H12N4O3S/c20-13(12-7-23-18-17-12)16-9-3-4-10-11(5-9)15(22)19(14(10)21)6-8-1-2-8/h3-5,7-8H,1-2,6H2,(H,16,20). The molecule has 0 radical (unpaired) electrons. The zero-order chi connectivity index (χ0) is 16.0. The molecule has 1 N–H and O–H groups in total. The van der Waals surface area contributed by atoms with Crippen LogP contribution in [0.25, 0.3) is 0 Å². The molecule has 0 spiro atoms. The fourth-order valence-corrected chi connectivity index (χ4v) is 2.99. The van der Waals surface area contributed by atoms with Crippen LogP contribution in [0.5, 0.6) is 0 Å². The van der Waals surface area contributed by atoms with Crippen molar-refractivity contribution in [1.82, 2.24) is 14.5 Å². The largest absolute Gasteiger partial charge is 0.321 e. The maximum atomic E-state index is 12.4. The van der Waals surface area contributed by atoms with Gasteiger partial charge in [-0.05, 0) is 48.5 Å². The van der Waals surface area contributed by atoms with Crippen molar-refractivity contribution >= 4 is 34.9 Å². The number of fused-ring (bicyclic) bond motifs is 1. The molecular formula is C15H12N4O3S. The predicted molar refractivity (Wildman–Crippen MR) is 82.4 cm³/mol. The number of anilines is 1. The summed E-state index contributed by atoms with van der Waals surface area (Å²) in [5, 5.41) is 7.89. The molecule has 2 heterocycles. The number of aromatic nitrogens is 2. The molecule has 3 amide bonds. The first kappa shape index (κ1) is 14.0. The minimum absolute atomic E-state index is 0.216. The van der Waals surface area contributed by atoms with E-state index in [1.165, 1.54) is 10.3 Å². The number of carbonyl (C=O) groups excluding carboxylic acids is 3. The van der Waals surface area contributed by atoms with E-state index >= 15 is 0 Å². The first-order chi connectivity index (χ1) is 11.1. The Morgan fingerprint density at radius 1 is 1.26 bits per heavy atom. The number of imide groups is 1. The Morgan fingerprint density at radius 3 is 2.74 bits per heavy atom. The third-order valence-electron chi connectivity index (χ3n) is 3.96. The van der Waals surface area contributed by atoms with Crippen LogP contribution in [0, 0.1) is 5.92 Å². The SMILES string of the molecule is O=C(Nc1ccc2c(c1)C(=O)N(CC1CC1)C2=O)c1csnn1. The first-order valence-electron chi connectivity index (χ1n) is 7.22. The second-order valence-electron chi connectivity index (χ2n) is 5.67. The highest BCUT2D eigenvalue weighted by molar-refractivity contribution is 7.03. The first-order valence-corrected chi connectivity index (χ1v) is 8.06. The quantitative estimate of drug-likeness (QED) is 0.864. The van der Waals surface area contributed by atoms with Crippen LogP contribution in [0.1, 0.15) is 44.0 Å². The third kappa shape index (κ3) is 2.50. The summed E-state index contributed by atoms with van der Waals surface area (Å²) in [5.74, 6) is -0.499. The molecule has 1 fully saturated rings. The molecule has 2 aromatic rings. The molecular weight excluding hydrogens is 316 g/mol. The lowest BCUT2D eigenvalue weighted by Crippen LogP contribution is -2.31. The van der Waals surface area contributed by atoms with Gasteiger partial charge in [0, 0.05) is 17.6 Å². The van der Waals surface area contributed by atoms with E-state index in [2.05, 4.69) is 14.9 Å². The summed E-state index contributed by atoms with van der Waals surface area (Å²) >= 11 is 1.08. The summed E-state index contributed by atoms with van der Waals surface area (Å²) in [7, 11) is 0. The van der Waals surface area contributed by atoms with Crippen molar-refractivity contribution in [3.8, 4) is 0 Å². The van der Waals surface area contributed by atoms with Crippen molar-refractivity contribution in [2.75, 3.05) is 11.9 Å². The van der Waals surface area contributed by atoms with E-state index in [0.29, 0.717) is 29.3 Å². The molecule has 4 rings (SSSR count). The number of hydrogen-bond donors (Lipinski definition) is 1. The molecule has 1 aliphatic carbocycles. The van der Waals surface area contributed by atoms with Crippen molar-refractivity contribution in [3.05, 3.63) is 40.4 Å². The summed E-state index contributed by atoms with van der Waals surface area (Å²) in [6.07, 6.45) is 2.13. The molecule has 1 saturated carbocycles. The van der Waals surface area contributed by atoms with Crippen molar-refractivity contribution in [2.24, 2.45) is 5.92 Å². The maximum absolute atomic E-state index is 12.4. The summed E-state index contributed by atoms with van der Waals surface area (Å²) in [5.41, 5.74) is 1.40. The summed E-state index contributed by atoms with van der Waals surface area (Å²) < 4.78 is 3.63. The van der Waals surface area contributed by atoms with Gasteiger partial charge in [-0.1, -0.05) is 4.49 Å². The van der Waals surface area contributed by atoms with Crippen LogP contribution in [0.3, 0.4) is 0 Å². The van der Waals surface area contributed by atoms with Crippen LogP contribution in [0.15, 0.2) is 23.6 Å². The fourth-order valence-electron chi connectivity index (χ4n) is 2.55. The van der Waals surface area contributed by atoms with Crippen LogP contribution in [-0.4, -0.2) is 38.8 Å². The summed E-state index contributed by atoms with van der Waals surface area (Å²) in [4.78, 5) is 38.0. The van der Waals surface area contributed by atoms with Gasteiger partial charge < -0.3 is 5.32 Å². The van der Waals surface area contributed by atoms with E-state index in [4.69, 9.17) is 0 Å². The maximum Gasteiger partial charge on any atom is 0.277 e. The smallest absolute Gasteiger partial charge is 0.277 e. The van der Waals surface area contributed by atoms with Crippen LogP contribution < -0.4 is 5.32 Å². The van der Waals surface area contributed by atoms with E-state index < -0.39 is 5.91 Å². The molecule has 2 aliphatic rings. The van der Waals surface area contributed by atoms with Crippen molar-refractivity contribution in [3.63, 3.8) is 0 Å². The Bertz CT molecular complexity index is 814. The highest BCUT2D eigenvalue weighted by Gasteiger charge is 2.38. The molecule has 1 aliphatic heterocycles. The summed E-state index contributed by atoms with van der Waals surface area (Å²) in [6.45, 7) is 0.485. The lowest BCUT2D eigenvalue weighted by atomic mass is 10.1. The van der Waals surface area contributed by atoms with Gasteiger partial charge in [-0.25, -0.2) is 0 Å². The molecule has 1 aromatic carbocycles. The van der Waals surface area contributed by atoms with Gasteiger partial charge in [0.05, 0.1) is 11.1 Å². The van der Waals surface area contributed by atoms with Crippen molar-refractivity contribution < 1.29 is 14.4 Å². The van der Waals surface area contributed by atoms with Gasteiger partial charge in [0.15, 0.2) is 5.69 Å². The van der Waals surface area contributed by atoms with Gasteiger partial charge in [0.25, 0.3) is 17.7 Å². The van der Waals surface area contributed by atoms with Crippen LogP contribution in [-0.2, 0) is 0 Å². The van der Waals surface area contributed by atoms with Gasteiger partial charge >= 0.3 is 0 Å². The topological polar surface area (TPSA) is 92.3 Å². The van der Waals surface area contributed by atoms with E-state index in [1.807, 2.05) is 0 Å². The fraction of sp³-hybridized carbons (Fsp3) is 0.267. The zero-order valence-corrected chi connectivity index (χ0v) is 12.8. The molecule has 1 aromatic heterocycles. The molecule has 116 valence electrons. The zero-order valence-electron chi connectivity index (χ0n) is 12.0. The van der Waals surface area contributed by atoms with Gasteiger partial charge in [-0.3, -0.25) is 19.3 Å². The Labute approximate surface area is 135 Å². The number of hydrogen-bond acceptors (Lipinski definition) is 6. The second kappa shape index (κ2) is 5.24. The molecule has 7 nitrogen and oxygen atoms in total. The molecule has 0 saturated heterocycles. The normalized spacial score (nSPS) is 16.6. The Kier molecular flexibility index (Phi) is 3.19. The van der Waals surface area contributed by atoms with Gasteiger partial charge in [0.2, 0.25) is 0 Å². The number of benzene rings is 1. The second-order valence-corrected chi connectivity index (χ2v) is 6.28. The number of rotatable bonds is 4. The highest BCUT2D eigenvalue weighted by atomic mass is 32.1. The number of nitrogens with one attached hydrogen (secondary N) is 1. The molecule has 0 atom stereocenters. The number of carbonyl (C=O) groups is 3. The lowest BCUT2D eigenvalue weighted by Gasteiger charge is -2.12. The van der Waals surface area contributed by atoms with E-state index in [-0.39, 0.29) is 17.5 Å². The minimum atomic E-state index is -0.398. The van der Waals surface area contributed by atoms with E-state index in [1.54, 1.807) is 18.2 Å². The number of nitrogens with zero attached hydrogens (tertiary/aromatic N) is 3. The average molecular weight is 328 g/mol. The number of amides is 3. The van der Waals surface area contributed by atoms with Crippen LogP contribution in [0.2, 0.25) is 0 Å². The van der Waals surface area contributed by atoms with Crippen molar-refractivity contribution in [1.29, 1.82) is 0 Å². The van der Waals surface area contributed by atoms with E-state index in [9.17, 15) is 14.4 Å².